The first-order valence-electron chi connectivity index (χ1n) is 7.34. The van der Waals surface area contributed by atoms with Gasteiger partial charge in [-0.25, -0.2) is 0 Å². The summed E-state index contributed by atoms with van der Waals surface area (Å²) in [5.41, 5.74) is 2.20. The molecule has 1 aromatic carbocycles. The lowest BCUT2D eigenvalue weighted by molar-refractivity contribution is -0.112. The quantitative estimate of drug-likeness (QED) is 0.810. The Morgan fingerprint density at radius 3 is 2.65 bits per heavy atom. The molecule has 1 N–H and O–H groups in total. The van der Waals surface area contributed by atoms with Crippen LogP contribution in [-0.4, -0.2) is 24.3 Å². The summed E-state index contributed by atoms with van der Waals surface area (Å²) in [6.07, 6.45) is 3.34. The van der Waals surface area contributed by atoms with Gasteiger partial charge < -0.3 is 10.2 Å². The van der Waals surface area contributed by atoms with Crippen LogP contribution in [0.2, 0.25) is 0 Å². The van der Waals surface area contributed by atoms with E-state index in [4.69, 9.17) is 0 Å². The van der Waals surface area contributed by atoms with Crippen molar-refractivity contribution in [1.29, 1.82) is 0 Å². The van der Waals surface area contributed by atoms with Crippen molar-refractivity contribution in [2.45, 2.75) is 46.1 Å². The number of rotatable bonds is 6. The molecule has 0 spiro atoms. The third-order valence-electron chi connectivity index (χ3n) is 3.91. The van der Waals surface area contributed by atoms with Gasteiger partial charge in [0.1, 0.15) is 0 Å². The highest BCUT2D eigenvalue weighted by atomic mass is 16.2. The Balaban J connectivity index is 2.29. The van der Waals surface area contributed by atoms with E-state index in [0.717, 1.165) is 31.5 Å². The van der Waals surface area contributed by atoms with Gasteiger partial charge in [-0.05, 0) is 38.0 Å². The zero-order valence-electron chi connectivity index (χ0n) is 12.4. The fourth-order valence-corrected chi connectivity index (χ4v) is 2.47. The van der Waals surface area contributed by atoms with Crippen molar-refractivity contribution < 1.29 is 9.59 Å². The molecule has 108 valence electrons. The topological polar surface area (TPSA) is 49.4 Å². The van der Waals surface area contributed by atoms with Crippen molar-refractivity contribution >= 4 is 23.1 Å². The molecular formula is C16H22N2O2. The van der Waals surface area contributed by atoms with Crippen molar-refractivity contribution in [3.05, 3.63) is 23.8 Å². The van der Waals surface area contributed by atoms with Gasteiger partial charge >= 0.3 is 0 Å². The van der Waals surface area contributed by atoms with Crippen molar-refractivity contribution in [2.24, 2.45) is 0 Å². The maximum Gasteiger partial charge on any atom is 0.296 e. The van der Waals surface area contributed by atoms with Gasteiger partial charge in [-0.1, -0.05) is 20.3 Å². The van der Waals surface area contributed by atoms with E-state index in [2.05, 4.69) is 31.0 Å². The fraction of sp³-hybridized carbons (Fsp3) is 0.500. The van der Waals surface area contributed by atoms with Crippen LogP contribution in [0.1, 0.15) is 50.4 Å². The first-order valence-corrected chi connectivity index (χ1v) is 7.34. The Kier molecular flexibility index (Phi) is 4.42. The van der Waals surface area contributed by atoms with Gasteiger partial charge in [0.05, 0.1) is 11.3 Å². The number of fused-ring (bicyclic) bond motifs is 1. The van der Waals surface area contributed by atoms with Crippen LogP contribution in [0.15, 0.2) is 18.2 Å². The average Bonchev–Trinajstić information content (AvgIpc) is 2.74. The maximum absolute atomic E-state index is 11.6. The maximum atomic E-state index is 11.6. The van der Waals surface area contributed by atoms with Crippen molar-refractivity contribution in [3.8, 4) is 0 Å². The molecule has 2 rings (SSSR count). The van der Waals surface area contributed by atoms with Crippen LogP contribution in [-0.2, 0) is 4.79 Å². The number of hydrogen-bond donors (Lipinski definition) is 1. The van der Waals surface area contributed by atoms with E-state index < -0.39 is 11.7 Å². The van der Waals surface area contributed by atoms with Gasteiger partial charge in [0.2, 0.25) is 0 Å². The van der Waals surface area contributed by atoms with Crippen molar-refractivity contribution in [3.63, 3.8) is 0 Å². The molecule has 4 nitrogen and oxygen atoms in total. The second-order valence-electron chi connectivity index (χ2n) is 5.32. The zero-order chi connectivity index (χ0) is 14.7. The SMILES string of the molecule is CCCCN(c1ccc2c(c1)NC(=O)C2=O)C(C)CC. The number of Topliss-reactive ketones (excluding diaryl/α,β-unsaturated/α-hetero) is 1. The highest BCUT2D eigenvalue weighted by Crippen LogP contribution is 2.29. The number of anilines is 2. The minimum Gasteiger partial charge on any atom is -0.369 e. The second kappa shape index (κ2) is 6.07. The lowest BCUT2D eigenvalue weighted by Crippen LogP contribution is -2.33. The number of benzene rings is 1. The summed E-state index contributed by atoms with van der Waals surface area (Å²) in [6.45, 7) is 7.54. The molecule has 1 aliphatic heterocycles. The number of carbonyl (C=O) groups is 2. The summed E-state index contributed by atoms with van der Waals surface area (Å²) in [6, 6.07) is 6.05. The van der Waals surface area contributed by atoms with Gasteiger partial charge in [0.15, 0.2) is 0 Å². The standard InChI is InChI=1S/C16H22N2O2/c1-4-6-9-18(11(3)5-2)12-7-8-13-14(10-12)17-16(20)15(13)19/h7-8,10-11H,4-6,9H2,1-3H3,(H,17,19,20). The van der Waals surface area contributed by atoms with E-state index in [9.17, 15) is 9.59 Å². The molecule has 1 aliphatic rings. The normalized spacial score (nSPS) is 14.9. The first-order chi connectivity index (χ1) is 9.58. The highest BCUT2D eigenvalue weighted by Gasteiger charge is 2.28. The monoisotopic (exact) mass is 274 g/mol. The number of carbonyl (C=O) groups excluding carboxylic acids is 2. The molecule has 0 radical (unpaired) electrons. The number of nitrogens with one attached hydrogen (secondary N) is 1. The van der Waals surface area contributed by atoms with Crippen LogP contribution in [0.4, 0.5) is 11.4 Å². The smallest absolute Gasteiger partial charge is 0.296 e. The summed E-state index contributed by atoms with van der Waals surface area (Å²) < 4.78 is 0. The molecule has 0 aliphatic carbocycles. The zero-order valence-corrected chi connectivity index (χ0v) is 12.4. The van der Waals surface area contributed by atoms with Crippen molar-refractivity contribution in [2.75, 3.05) is 16.8 Å². The molecule has 1 aromatic rings. The number of ketones is 1. The van der Waals surface area contributed by atoms with Gasteiger partial charge in [0.25, 0.3) is 11.7 Å². The predicted molar refractivity (Wildman–Crippen MR) is 81.4 cm³/mol. The molecule has 0 bridgehead atoms. The van der Waals surface area contributed by atoms with Crippen LogP contribution in [0.3, 0.4) is 0 Å². The molecule has 1 atom stereocenters. The third kappa shape index (κ3) is 2.69. The number of nitrogens with zero attached hydrogens (tertiary/aromatic N) is 1. The van der Waals surface area contributed by atoms with E-state index in [1.165, 1.54) is 0 Å². The molecule has 1 heterocycles. The Labute approximate surface area is 120 Å². The molecule has 4 heteroatoms. The average molecular weight is 274 g/mol. The van der Waals surface area contributed by atoms with E-state index in [0.29, 0.717) is 17.3 Å². The Morgan fingerprint density at radius 1 is 1.25 bits per heavy atom. The van der Waals surface area contributed by atoms with Crippen LogP contribution < -0.4 is 10.2 Å². The summed E-state index contributed by atoms with van der Waals surface area (Å²) in [5.74, 6) is -0.962. The molecule has 0 saturated heterocycles. The van der Waals surface area contributed by atoms with Gasteiger partial charge in [-0.3, -0.25) is 9.59 Å². The van der Waals surface area contributed by atoms with Gasteiger partial charge in [-0.2, -0.15) is 0 Å². The number of amides is 1. The molecule has 0 saturated carbocycles. The number of hydrogen-bond acceptors (Lipinski definition) is 3. The third-order valence-corrected chi connectivity index (χ3v) is 3.91. The van der Waals surface area contributed by atoms with Crippen molar-refractivity contribution in [1.82, 2.24) is 0 Å². The Hall–Kier alpha value is -1.84. The minimum atomic E-state index is -0.527. The molecular weight excluding hydrogens is 252 g/mol. The van der Waals surface area contributed by atoms with Crippen LogP contribution in [0.5, 0.6) is 0 Å². The number of unbranched alkanes of at least 4 members (excludes halogenated alkanes) is 1. The van der Waals surface area contributed by atoms with Crippen LogP contribution >= 0.6 is 0 Å². The van der Waals surface area contributed by atoms with E-state index in [1.54, 1.807) is 6.07 Å². The Morgan fingerprint density at radius 2 is 2.00 bits per heavy atom. The largest absolute Gasteiger partial charge is 0.369 e. The van der Waals surface area contributed by atoms with E-state index >= 15 is 0 Å². The fourth-order valence-electron chi connectivity index (χ4n) is 2.47. The van der Waals surface area contributed by atoms with Crippen LogP contribution in [0, 0.1) is 0 Å². The lowest BCUT2D eigenvalue weighted by Gasteiger charge is -2.31. The first kappa shape index (κ1) is 14.6. The summed E-state index contributed by atoms with van der Waals surface area (Å²) in [7, 11) is 0. The lowest BCUT2D eigenvalue weighted by atomic mass is 10.1. The van der Waals surface area contributed by atoms with Gasteiger partial charge in [0, 0.05) is 18.3 Å². The minimum absolute atomic E-state index is 0.435. The predicted octanol–water partition coefficient (Wildman–Crippen LogP) is 3.23. The Bertz CT molecular complexity index is 525. The van der Waals surface area contributed by atoms with E-state index in [1.807, 2.05) is 12.1 Å². The summed E-state index contributed by atoms with van der Waals surface area (Å²) in [5, 5.41) is 2.64. The van der Waals surface area contributed by atoms with Crippen LogP contribution in [0.25, 0.3) is 0 Å². The highest BCUT2D eigenvalue weighted by molar-refractivity contribution is 6.51. The van der Waals surface area contributed by atoms with Gasteiger partial charge in [-0.15, -0.1) is 0 Å². The van der Waals surface area contributed by atoms with E-state index in [-0.39, 0.29) is 0 Å². The molecule has 20 heavy (non-hydrogen) atoms. The molecule has 0 fully saturated rings. The molecule has 0 aromatic heterocycles. The second-order valence-corrected chi connectivity index (χ2v) is 5.32. The summed E-state index contributed by atoms with van der Waals surface area (Å²) in [4.78, 5) is 25.4. The molecule has 1 amide bonds. The molecule has 1 unspecified atom stereocenters. The summed E-state index contributed by atoms with van der Waals surface area (Å²) >= 11 is 0.